The molecular formula is C47H28F6N4. The highest BCUT2D eigenvalue weighted by molar-refractivity contribution is 6.10. The van der Waals surface area contributed by atoms with Crippen molar-refractivity contribution in [2.45, 2.75) is 12.4 Å². The van der Waals surface area contributed by atoms with Gasteiger partial charge in [-0.05, 0) is 64.7 Å². The van der Waals surface area contributed by atoms with Gasteiger partial charge in [0.25, 0.3) is 0 Å². The zero-order valence-corrected chi connectivity index (χ0v) is 29.7. The topological polar surface area (TPSA) is 43.6 Å². The quantitative estimate of drug-likeness (QED) is 0.158. The van der Waals surface area contributed by atoms with Gasteiger partial charge in [0.05, 0.1) is 22.2 Å². The van der Waals surface area contributed by atoms with Crippen molar-refractivity contribution in [3.8, 4) is 62.1 Å². The Hall–Kier alpha value is -7.07. The van der Waals surface area contributed by atoms with Crippen LogP contribution in [0.2, 0.25) is 0 Å². The number of aromatic nitrogens is 4. The predicted molar refractivity (Wildman–Crippen MR) is 211 cm³/mol. The summed E-state index contributed by atoms with van der Waals surface area (Å²) in [5, 5.41) is 1.92. The molecule has 7 aromatic carbocycles. The van der Waals surface area contributed by atoms with Crippen LogP contribution in [0.3, 0.4) is 0 Å². The summed E-state index contributed by atoms with van der Waals surface area (Å²) in [7, 11) is 0. The minimum Gasteiger partial charge on any atom is -0.309 e. The third-order valence-corrected chi connectivity index (χ3v) is 9.88. The fraction of sp³-hybridized carbons (Fsp3) is 0.0426. The molecule has 0 aliphatic carbocycles. The number of benzene rings is 7. The molecule has 0 amide bonds. The van der Waals surface area contributed by atoms with E-state index in [1.165, 1.54) is 6.07 Å². The van der Waals surface area contributed by atoms with Crippen LogP contribution in [0.25, 0.3) is 83.9 Å². The maximum absolute atomic E-state index is 14.3. The molecule has 0 saturated heterocycles. The van der Waals surface area contributed by atoms with Gasteiger partial charge in [0, 0.05) is 33.2 Å². The van der Waals surface area contributed by atoms with Gasteiger partial charge in [-0.15, -0.1) is 0 Å². The van der Waals surface area contributed by atoms with Crippen molar-refractivity contribution in [3.05, 3.63) is 181 Å². The van der Waals surface area contributed by atoms with Crippen LogP contribution < -0.4 is 0 Å². The van der Waals surface area contributed by atoms with E-state index < -0.39 is 23.5 Å². The fourth-order valence-electron chi connectivity index (χ4n) is 7.21. The van der Waals surface area contributed by atoms with Crippen molar-refractivity contribution >= 4 is 21.8 Å². The van der Waals surface area contributed by atoms with Crippen LogP contribution in [0.4, 0.5) is 26.3 Å². The van der Waals surface area contributed by atoms with E-state index >= 15 is 0 Å². The Balaban J connectivity index is 1.36. The normalized spacial score (nSPS) is 12.0. The van der Waals surface area contributed by atoms with Crippen LogP contribution in [-0.2, 0) is 12.4 Å². The second-order valence-corrected chi connectivity index (χ2v) is 13.5. The molecule has 9 aromatic rings. The SMILES string of the molecule is FC(F)(F)c1cc(-c2ccc(-n3c4ccccc4c4ccc(-c5ccccc5)cc43)cc2-c2nc(-c3ccccc3)nc(-c3ccccc3)n2)cc(C(F)(F)F)c1. The van der Waals surface area contributed by atoms with E-state index in [4.69, 9.17) is 15.0 Å². The lowest BCUT2D eigenvalue weighted by Crippen LogP contribution is -2.11. The molecule has 0 saturated carbocycles. The van der Waals surface area contributed by atoms with Crippen molar-refractivity contribution in [2.75, 3.05) is 0 Å². The number of fused-ring (bicyclic) bond motifs is 3. The summed E-state index contributed by atoms with van der Waals surface area (Å²) >= 11 is 0. The van der Waals surface area contributed by atoms with Crippen molar-refractivity contribution < 1.29 is 26.3 Å². The number of hydrogen-bond donors (Lipinski definition) is 0. The van der Waals surface area contributed by atoms with Crippen LogP contribution in [-0.4, -0.2) is 19.5 Å². The molecule has 9 rings (SSSR count). The minimum atomic E-state index is -5.05. The molecule has 0 bridgehead atoms. The number of rotatable bonds is 6. The molecule has 0 unspecified atom stereocenters. The summed E-state index contributed by atoms with van der Waals surface area (Å²) in [6, 6.07) is 48.7. The Morgan fingerprint density at radius 1 is 0.351 bits per heavy atom. The molecule has 0 N–H and O–H groups in total. The molecule has 4 nitrogen and oxygen atoms in total. The van der Waals surface area contributed by atoms with Crippen LogP contribution in [0.5, 0.6) is 0 Å². The van der Waals surface area contributed by atoms with Crippen molar-refractivity contribution in [1.29, 1.82) is 0 Å². The lowest BCUT2D eigenvalue weighted by atomic mass is 9.94. The second-order valence-electron chi connectivity index (χ2n) is 13.5. The van der Waals surface area contributed by atoms with Gasteiger partial charge >= 0.3 is 12.4 Å². The maximum atomic E-state index is 14.3. The van der Waals surface area contributed by atoms with E-state index in [9.17, 15) is 26.3 Å². The fourth-order valence-corrected chi connectivity index (χ4v) is 7.21. The Labute approximate surface area is 322 Å². The average Bonchev–Trinajstić information content (AvgIpc) is 3.57. The number of alkyl halides is 6. The van der Waals surface area contributed by atoms with Crippen LogP contribution in [0.15, 0.2) is 170 Å². The lowest BCUT2D eigenvalue weighted by molar-refractivity contribution is -0.143. The largest absolute Gasteiger partial charge is 0.416 e. The minimum absolute atomic E-state index is 0.0660. The second kappa shape index (κ2) is 13.9. The highest BCUT2D eigenvalue weighted by Gasteiger charge is 2.37. The Kier molecular flexibility index (Phi) is 8.69. The van der Waals surface area contributed by atoms with Crippen LogP contribution in [0.1, 0.15) is 11.1 Å². The standard InChI is InChI=1S/C47H28F6N4/c48-46(49,50)34-24-33(25-35(27-34)47(51,52)53)37-23-21-36(57-41-19-11-10-18-38(41)39-22-20-32(26-42(39)57)29-12-4-1-5-13-29)28-40(37)45-55-43(30-14-6-2-7-15-30)54-44(56-45)31-16-8-3-9-17-31/h1-28H. The third kappa shape index (κ3) is 6.80. The summed E-state index contributed by atoms with van der Waals surface area (Å²) in [6.07, 6.45) is -10.1. The van der Waals surface area contributed by atoms with E-state index in [2.05, 4.69) is 18.2 Å². The first-order chi connectivity index (χ1) is 27.5. The maximum Gasteiger partial charge on any atom is 0.416 e. The zero-order chi connectivity index (χ0) is 39.3. The van der Waals surface area contributed by atoms with Gasteiger partial charge in [-0.25, -0.2) is 15.0 Å². The predicted octanol–water partition coefficient (Wildman–Crippen LogP) is 13.3. The molecule has 2 aromatic heterocycles. The summed E-state index contributed by atoms with van der Waals surface area (Å²) in [6.45, 7) is 0. The molecule has 0 atom stereocenters. The molecule has 0 aliphatic heterocycles. The Morgan fingerprint density at radius 3 is 1.44 bits per heavy atom. The molecular weight excluding hydrogens is 735 g/mol. The van der Waals surface area contributed by atoms with Crippen molar-refractivity contribution in [1.82, 2.24) is 19.5 Å². The molecule has 0 radical (unpaired) electrons. The number of nitrogens with zero attached hydrogens (tertiary/aromatic N) is 4. The average molecular weight is 763 g/mol. The molecule has 0 spiro atoms. The highest BCUT2D eigenvalue weighted by atomic mass is 19.4. The van der Waals surface area contributed by atoms with Gasteiger partial charge in [-0.2, -0.15) is 26.3 Å². The molecule has 278 valence electrons. The zero-order valence-electron chi connectivity index (χ0n) is 29.7. The van der Waals surface area contributed by atoms with Crippen molar-refractivity contribution in [2.24, 2.45) is 0 Å². The third-order valence-electron chi connectivity index (χ3n) is 9.88. The van der Waals surface area contributed by atoms with E-state index in [0.29, 0.717) is 16.8 Å². The molecule has 0 aliphatic rings. The van der Waals surface area contributed by atoms with Gasteiger partial charge in [-0.1, -0.05) is 127 Å². The summed E-state index contributed by atoms with van der Waals surface area (Å²) in [4.78, 5) is 14.5. The van der Waals surface area contributed by atoms with E-state index in [1.54, 1.807) is 12.1 Å². The van der Waals surface area contributed by atoms with E-state index in [1.807, 2.05) is 120 Å². The van der Waals surface area contributed by atoms with E-state index in [-0.39, 0.29) is 40.2 Å². The van der Waals surface area contributed by atoms with E-state index in [0.717, 1.165) is 45.1 Å². The number of halogens is 6. The van der Waals surface area contributed by atoms with Gasteiger partial charge in [0.1, 0.15) is 0 Å². The van der Waals surface area contributed by atoms with Crippen LogP contribution >= 0.6 is 0 Å². The first-order valence-corrected chi connectivity index (χ1v) is 17.9. The van der Waals surface area contributed by atoms with Crippen LogP contribution in [0, 0.1) is 0 Å². The van der Waals surface area contributed by atoms with Gasteiger partial charge in [-0.3, -0.25) is 0 Å². The monoisotopic (exact) mass is 762 g/mol. The number of hydrogen-bond acceptors (Lipinski definition) is 3. The molecule has 10 heteroatoms. The summed E-state index contributed by atoms with van der Waals surface area (Å²) in [5.41, 5.74) is 2.68. The van der Waals surface area contributed by atoms with Crippen molar-refractivity contribution in [3.63, 3.8) is 0 Å². The molecule has 2 heterocycles. The highest BCUT2D eigenvalue weighted by Crippen LogP contribution is 2.43. The Morgan fingerprint density at radius 2 is 0.860 bits per heavy atom. The Bertz CT molecular complexity index is 2830. The van der Waals surface area contributed by atoms with Gasteiger partial charge in [0.15, 0.2) is 17.5 Å². The van der Waals surface area contributed by atoms with Gasteiger partial charge in [0.2, 0.25) is 0 Å². The first-order valence-electron chi connectivity index (χ1n) is 17.9. The molecule has 0 fully saturated rings. The lowest BCUT2D eigenvalue weighted by Gasteiger charge is -2.18. The molecule has 57 heavy (non-hydrogen) atoms. The summed E-state index contributed by atoms with van der Waals surface area (Å²) in [5.74, 6) is 0.622. The smallest absolute Gasteiger partial charge is 0.309 e. The number of para-hydroxylation sites is 1. The summed E-state index contributed by atoms with van der Waals surface area (Å²) < 4.78 is 87.6. The first kappa shape index (κ1) is 35.6. The van der Waals surface area contributed by atoms with Gasteiger partial charge < -0.3 is 4.57 Å².